The van der Waals surface area contributed by atoms with Crippen molar-refractivity contribution in [1.29, 1.82) is 0 Å². The molecule has 1 aliphatic rings. The van der Waals surface area contributed by atoms with Crippen molar-refractivity contribution in [2.75, 3.05) is 26.2 Å². The summed E-state index contributed by atoms with van der Waals surface area (Å²) in [5.41, 5.74) is 0. The van der Waals surface area contributed by atoms with Crippen LogP contribution in [0.15, 0.2) is 35.2 Å². The second kappa shape index (κ2) is 9.82. The lowest BCUT2D eigenvalue weighted by molar-refractivity contribution is -0.131. The van der Waals surface area contributed by atoms with Gasteiger partial charge in [0, 0.05) is 26.2 Å². The number of sulfonamides is 1. The highest BCUT2D eigenvalue weighted by atomic mass is 32.2. The predicted molar refractivity (Wildman–Crippen MR) is 100 cm³/mol. The van der Waals surface area contributed by atoms with E-state index in [4.69, 9.17) is 4.74 Å². The Kier molecular flexibility index (Phi) is 7.76. The number of nitrogens with zero attached hydrogens (tertiary/aromatic N) is 1. The van der Waals surface area contributed by atoms with Crippen molar-refractivity contribution in [1.82, 2.24) is 14.9 Å². The standard InChI is InChI=1S/C18H27N3O5S/c1-14(2)26-12-6-9-19-17(22)13-16-18(23)20-10-11-21(16)27(24,25)15-7-4-3-5-8-15/h3-5,7-8,14,16H,6,9-13H2,1-2H3,(H,19,22)(H,20,23). The molecule has 0 saturated carbocycles. The largest absolute Gasteiger partial charge is 0.379 e. The van der Waals surface area contributed by atoms with Gasteiger partial charge in [-0.2, -0.15) is 4.31 Å². The number of benzene rings is 1. The topological polar surface area (TPSA) is 105 Å². The number of ether oxygens (including phenoxy) is 1. The molecule has 1 aromatic carbocycles. The van der Waals surface area contributed by atoms with Crippen LogP contribution in [-0.2, 0) is 24.3 Å². The van der Waals surface area contributed by atoms with Gasteiger partial charge in [0.05, 0.1) is 17.4 Å². The van der Waals surface area contributed by atoms with E-state index < -0.39 is 22.0 Å². The van der Waals surface area contributed by atoms with E-state index in [0.717, 1.165) is 4.31 Å². The average Bonchev–Trinajstić information content (AvgIpc) is 2.63. The smallest absolute Gasteiger partial charge is 0.243 e. The second-order valence-corrected chi connectivity index (χ2v) is 8.45. The number of amides is 2. The summed E-state index contributed by atoms with van der Waals surface area (Å²) in [5, 5.41) is 5.35. The monoisotopic (exact) mass is 397 g/mol. The van der Waals surface area contributed by atoms with Crippen LogP contribution in [0.1, 0.15) is 26.7 Å². The fraction of sp³-hybridized carbons (Fsp3) is 0.556. The van der Waals surface area contributed by atoms with Crippen molar-refractivity contribution in [3.05, 3.63) is 30.3 Å². The predicted octanol–water partition coefficient (Wildman–Crippen LogP) is 0.497. The number of hydrogen-bond acceptors (Lipinski definition) is 5. The fourth-order valence-electron chi connectivity index (χ4n) is 2.77. The minimum atomic E-state index is -3.86. The molecule has 1 aromatic rings. The maximum Gasteiger partial charge on any atom is 0.243 e. The Morgan fingerprint density at radius 1 is 1.33 bits per heavy atom. The molecule has 1 saturated heterocycles. The van der Waals surface area contributed by atoms with Crippen molar-refractivity contribution in [2.45, 2.75) is 43.7 Å². The Balaban J connectivity index is 1.99. The third kappa shape index (κ3) is 6.02. The van der Waals surface area contributed by atoms with Crippen LogP contribution in [0.3, 0.4) is 0 Å². The number of hydrogen-bond donors (Lipinski definition) is 2. The maximum absolute atomic E-state index is 12.9. The number of carbonyl (C=O) groups is 2. The maximum atomic E-state index is 12.9. The molecule has 2 rings (SSSR count). The van der Waals surface area contributed by atoms with Gasteiger partial charge in [0.1, 0.15) is 6.04 Å². The molecule has 1 fully saturated rings. The summed E-state index contributed by atoms with van der Waals surface area (Å²) >= 11 is 0. The van der Waals surface area contributed by atoms with Gasteiger partial charge in [-0.1, -0.05) is 18.2 Å². The molecule has 0 spiro atoms. The lowest BCUT2D eigenvalue weighted by Gasteiger charge is -2.33. The Morgan fingerprint density at radius 3 is 2.70 bits per heavy atom. The molecule has 0 aromatic heterocycles. The first-order valence-electron chi connectivity index (χ1n) is 9.05. The zero-order valence-corrected chi connectivity index (χ0v) is 16.5. The lowest BCUT2D eigenvalue weighted by Crippen LogP contribution is -2.58. The molecular formula is C18H27N3O5S. The van der Waals surface area contributed by atoms with Gasteiger partial charge >= 0.3 is 0 Å². The number of carbonyl (C=O) groups excluding carboxylic acids is 2. The molecule has 1 heterocycles. The van der Waals surface area contributed by atoms with Crippen molar-refractivity contribution < 1.29 is 22.7 Å². The Morgan fingerprint density at radius 2 is 2.04 bits per heavy atom. The fourth-order valence-corrected chi connectivity index (χ4v) is 4.38. The zero-order valence-electron chi connectivity index (χ0n) is 15.7. The van der Waals surface area contributed by atoms with Crippen LogP contribution >= 0.6 is 0 Å². The van der Waals surface area contributed by atoms with Crippen LogP contribution in [0.25, 0.3) is 0 Å². The molecule has 1 atom stereocenters. The average molecular weight is 397 g/mol. The molecule has 150 valence electrons. The summed E-state index contributed by atoms with van der Waals surface area (Å²) < 4.78 is 32.3. The Labute approximate surface area is 160 Å². The normalized spacial score (nSPS) is 18.3. The molecule has 8 nitrogen and oxygen atoms in total. The van der Waals surface area contributed by atoms with Crippen molar-refractivity contribution in [3.63, 3.8) is 0 Å². The van der Waals surface area contributed by atoms with E-state index in [-0.39, 0.29) is 36.4 Å². The molecule has 27 heavy (non-hydrogen) atoms. The van der Waals surface area contributed by atoms with E-state index in [2.05, 4.69) is 10.6 Å². The van der Waals surface area contributed by atoms with Crippen molar-refractivity contribution in [2.24, 2.45) is 0 Å². The van der Waals surface area contributed by atoms with E-state index in [9.17, 15) is 18.0 Å². The van der Waals surface area contributed by atoms with Gasteiger partial charge in [0.2, 0.25) is 21.8 Å². The van der Waals surface area contributed by atoms with Crippen molar-refractivity contribution in [3.8, 4) is 0 Å². The summed E-state index contributed by atoms with van der Waals surface area (Å²) in [6.07, 6.45) is 0.554. The quantitative estimate of drug-likeness (QED) is 0.591. The third-order valence-electron chi connectivity index (χ3n) is 4.10. The van der Waals surface area contributed by atoms with E-state index in [1.165, 1.54) is 12.1 Å². The van der Waals surface area contributed by atoms with Gasteiger partial charge in [-0.25, -0.2) is 8.42 Å². The molecule has 2 N–H and O–H groups in total. The highest BCUT2D eigenvalue weighted by molar-refractivity contribution is 7.89. The molecule has 1 unspecified atom stereocenters. The number of rotatable bonds is 9. The SMILES string of the molecule is CC(C)OCCCNC(=O)CC1C(=O)NCCN1S(=O)(=O)c1ccccc1. The lowest BCUT2D eigenvalue weighted by atomic mass is 10.1. The van der Waals surface area contributed by atoms with E-state index in [0.29, 0.717) is 19.6 Å². The molecule has 9 heteroatoms. The first-order chi connectivity index (χ1) is 12.8. The van der Waals surface area contributed by atoms with Gasteiger partial charge in [0.25, 0.3) is 0 Å². The zero-order chi connectivity index (χ0) is 19.9. The van der Waals surface area contributed by atoms with Crippen LogP contribution in [0, 0.1) is 0 Å². The highest BCUT2D eigenvalue weighted by Gasteiger charge is 2.39. The van der Waals surface area contributed by atoms with Gasteiger partial charge in [-0.15, -0.1) is 0 Å². The van der Waals surface area contributed by atoms with Gasteiger partial charge in [0.15, 0.2) is 0 Å². The first-order valence-corrected chi connectivity index (χ1v) is 10.5. The van der Waals surface area contributed by atoms with E-state index in [1.54, 1.807) is 18.2 Å². The number of nitrogens with one attached hydrogen (secondary N) is 2. The van der Waals surface area contributed by atoms with E-state index >= 15 is 0 Å². The minimum Gasteiger partial charge on any atom is -0.379 e. The second-order valence-electron chi connectivity index (χ2n) is 6.56. The summed E-state index contributed by atoms with van der Waals surface area (Å²) in [6, 6.07) is 6.86. The number of piperazine rings is 1. The molecule has 0 bridgehead atoms. The van der Waals surface area contributed by atoms with E-state index in [1.807, 2.05) is 13.8 Å². The van der Waals surface area contributed by atoms with Gasteiger partial charge in [-0.05, 0) is 32.4 Å². The Bertz CT molecular complexity index is 737. The Hall–Kier alpha value is -1.97. The summed E-state index contributed by atoms with van der Waals surface area (Å²) in [6.45, 7) is 5.14. The molecular weight excluding hydrogens is 370 g/mol. The summed E-state index contributed by atoms with van der Waals surface area (Å²) in [7, 11) is -3.86. The van der Waals surface area contributed by atoms with Crippen molar-refractivity contribution >= 4 is 21.8 Å². The van der Waals surface area contributed by atoms with Crippen LogP contribution < -0.4 is 10.6 Å². The summed E-state index contributed by atoms with van der Waals surface area (Å²) in [4.78, 5) is 24.6. The molecule has 1 aliphatic heterocycles. The van der Waals surface area contributed by atoms with Crippen LogP contribution in [0.5, 0.6) is 0 Å². The summed E-state index contributed by atoms with van der Waals surface area (Å²) in [5.74, 6) is -0.825. The van der Waals surface area contributed by atoms with Gasteiger partial charge in [-0.3, -0.25) is 9.59 Å². The van der Waals surface area contributed by atoms with Crippen LogP contribution in [0.4, 0.5) is 0 Å². The van der Waals surface area contributed by atoms with Gasteiger partial charge < -0.3 is 15.4 Å². The molecule has 0 radical (unpaired) electrons. The molecule has 0 aliphatic carbocycles. The molecule has 2 amide bonds. The van der Waals surface area contributed by atoms with Crippen LogP contribution in [0.2, 0.25) is 0 Å². The highest BCUT2D eigenvalue weighted by Crippen LogP contribution is 2.21. The van der Waals surface area contributed by atoms with Crippen LogP contribution in [-0.4, -0.2) is 62.9 Å². The third-order valence-corrected chi connectivity index (χ3v) is 6.03. The minimum absolute atomic E-state index is 0.107. The first kappa shape index (κ1) is 21.3.